The summed E-state index contributed by atoms with van der Waals surface area (Å²) in [4.78, 5) is 12.9. The van der Waals surface area contributed by atoms with Gasteiger partial charge in [-0.15, -0.1) is 0 Å². The van der Waals surface area contributed by atoms with Gasteiger partial charge in [0.15, 0.2) is 11.5 Å². The zero-order valence-electron chi connectivity index (χ0n) is 19.0. The SMILES string of the molecule is CCOc1ccc(N(CC(=O)NCC2COc3ccccc3O2)S(=O)(=O)c2ccc(Br)cc2)cc1. The molecule has 0 saturated heterocycles. The van der Waals surface area contributed by atoms with Crippen LogP contribution < -0.4 is 23.8 Å². The summed E-state index contributed by atoms with van der Waals surface area (Å²) in [5.41, 5.74) is 0.345. The van der Waals surface area contributed by atoms with E-state index in [9.17, 15) is 13.2 Å². The second-order valence-electron chi connectivity index (χ2n) is 7.69. The first-order chi connectivity index (χ1) is 16.9. The number of benzene rings is 3. The average molecular weight is 561 g/mol. The molecule has 35 heavy (non-hydrogen) atoms. The molecule has 8 nitrogen and oxygen atoms in total. The molecule has 0 radical (unpaired) electrons. The van der Waals surface area contributed by atoms with Gasteiger partial charge < -0.3 is 19.5 Å². The van der Waals surface area contributed by atoms with Crippen molar-refractivity contribution in [2.45, 2.75) is 17.9 Å². The maximum absolute atomic E-state index is 13.5. The van der Waals surface area contributed by atoms with Crippen molar-refractivity contribution in [2.24, 2.45) is 0 Å². The topological polar surface area (TPSA) is 94.2 Å². The van der Waals surface area contributed by atoms with Crippen molar-refractivity contribution in [3.05, 3.63) is 77.3 Å². The lowest BCUT2D eigenvalue weighted by atomic mass is 10.2. The van der Waals surface area contributed by atoms with Gasteiger partial charge in [-0.1, -0.05) is 28.1 Å². The number of para-hydroxylation sites is 2. The quantitative estimate of drug-likeness (QED) is 0.425. The number of hydrogen-bond donors (Lipinski definition) is 1. The Balaban J connectivity index is 1.50. The van der Waals surface area contributed by atoms with Gasteiger partial charge in [-0.05, 0) is 67.6 Å². The van der Waals surface area contributed by atoms with E-state index in [-0.39, 0.29) is 18.0 Å². The molecule has 1 atom stereocenters. The van der Waals surface area contributed by atoms with Gasteiger partial charge in [0.25, 0.3) is 10.0 Å². The first-order valence-electron chi connectivity index (χ1n) is 11.0. The number of ether oxygens (including phenoxy) is 3. The van der Waals surface area contributed by atoms with E-state index < -0.39 is 28.6 Å². The smallest absolute Gasteiger partial charge is 0.264 e. The average Bonchev–Trinajstić information content (AvgIpc) is 2.87. The van der Waals surface area contributed by atoms with Crippen LogP contribution in [0, 0.1) is 0 Å². The maximum atomic E-state index is 13.5. The van der Waals surface area contributed by atoms with Crippen LogP contribution in [-0.4, -0.2) is 46.7 Å². The van der Waals surface area contributed by atoms with E-state index in [2.05, 4.69) is 21.2 Å². The molecule has 1 N–H and O–H groups in total. The largest absolute Gasteiger partial charge is 0.494 e. The summed E-state index contributed by atoms with van der Waals surface area (Å²) in [6.45, 7) is 2.39. The molecule has 0 spiro atoms. The van der Waals surface area contributed by atoms with Gasteiger partial charge in [-0.3, -0.25) is 9.10 Å². The highest BCUT2D eigenvalue weighted by molar-refractivity contribution is 9.10. The standard InChI is InChI=1S/C25H25BrN2O6S/c1-2-32-20-11-9-19(10-12-20)28(35(30,31)22-13-7-18(26)8-14-22)16-25(29)27-15-21-17-33-23-5-3-4-6-24(23)34-21/h3-14,21H,2,15-17H2,1H3,(H,27,29). The molecule has 3 aromatic rings. The van der Waals surface area contributed by atoms with Crippen LogP contribution in [0.5, 0.6) is 17.2 Å². The van der Waals surface area contributed by atoms with E-state index in [1.54, 1.807) is 42.5 Å². The minimum absolute atomic E-state index is 0.0722. The molecule has 0 aliphatic carbocycles. The highest BCUT2D eigenvalue weighted by atomic mass is 79.9. The first kappa shape index (κ1) is 24.9. The predicted molar refractivity (Wildman–Crippen MR) is 136 cm³/mol. The summed E-state index contributed by atoms with van der Waals surface area (Å²) in [5, 5.41) is 2.77. The van der Waals surface area contributed by atoms with E-state index in [0.717, 1.165) is 8.78 Å². The monoisotopic (exact) mass is 560 g/mol. The van der Waals surface area contributed by atoms with Gasteiger partial charge in [0.2, 0.25) is 5.91 Å². The normalized spacial score (nSPS) is 14.7. The number of nitrogens with one attached hydrogen (secondary N) is 1. The number of amides is 1. The molecule has 0 bridgehead atoms. The molecule has 1 aliphatic heterocycles. The first-order valence-corrected chi connectivity index (χ1v) is 13.3. The minimum atomic E-state index is -4.02. The molecular weight excluding hydrogens is 536 g/mol. The Morgan fingerprint density at radius 1 is 1.06 bits per heavy atom. The molecule has 0 aromatic heterocycles. The van der Waals surface area contributed by atoms with Crippen LogP contribution in [-0.2, 0) is 14.8 Å². The molecular formula is C25H25BrN2O6S. The summed E-state index contributed by atoms with van der Waals surface area (Å²) >= 11 is 3.32. The van der Waals surface area contributed by atoms with Crippen molar-refractivity contribution >= 4 is 37.5 Å². The van der Waals surface area contributed by atoms with Crippen molar-refractivity contribution in [3.63, 3.8) is 0 Å². The summed E-state index contributed by atoms with van der Waals surface area (Å²) in [6.07, 6.45) is -0.393. The zero-order valence-corrected chi connectivity index (χ0v) is 21.4. The highest BCUT2D eigenvalue weighted by Crippen LogP contribution is 2.31. The fourth-order valence-electron chi connectivity index (χ4n) is 3.50. The molecule has 0 saturated carbocycles. The minimum Gasteiger partial charge on any atom is -0.494 e. The van der Waals surface area contributed by atoms with Crippen molar-refractivity contribution in [2.75, 3.05) is 30.6 Å². The van der Waals surface area contributed by atoms with Crippen LogP contribution in [0.2, 0.25) is 0 Å². The molecule has 1 unspecified atom stereocenters. The molecule has 10 heteroatoms. The fraction of sp³-hybridized carbons (Fsp3) is 0.240. The summed E-state index contributed by atoms with van der Waals surface area (Å²) < 4.78 is 45.8. The van der Waals surface area contributed by atoms with Crippen LogP contribution in [0.3, 0.4) is 0 Å². The van der Waals surface area contributed by atoms with E-state index in [1.807, 2.05) is 25.1 Å². The highest BCUT2D eigenvalue weighted by Gasteiger charge is 2.28. The third kappa shape index (κ3) is 6.07. The number of rotatable bonds is 9. The Morgan fingerprint density at radius 3 is 2.43 bits per heavy atom. The summed E-state index contributed by atoms with van der Waals surface area (Å²) in [7, 11) is -4.02. The number of carbonyl (C=O) groups is 1. The lowest BCUT2D eigenvalue weighted by Gasteiger charge is -2.27. The molecule has 3 aromatic carbocycles. The number of anilines is 1. The van der Waals surface area contributed by atoms with Crippen LogP contribution in [0.1, 0.15) is 6.92 Å². The molecule has 184 valence electrons. The number of hydrogen-bond acceptors (Lipinski definition) is 6. The van der Waals surface area contributed by atoms with E-state index >= 15 is 0 Å². The Hall–Kier alpha value is -3.24. The number of carbonyl (C=O) groups excluding carboxylic acids is 1. The predicted octanol–water partition coefficient (Wildman–Crippen LogP) is 4.00. The van der Waals surface area contributed by atoms with Crippen LogP contribution >= 0.6 is 15.9 Å². The van der Waals surface area contributed by atoms with E-state index in [0.29, 0.717) is 29.5 Å². The second kappa shape index (κ2) is 11.0. The van der Waals surface area contributed by atoms with Crippen molar-refractivity contribution in [3.8, 4) is 17.2 Å². The van der Waals surface area contributed by atoms with Crippen LogP contribution in [0.4, 0.5) is 5.69 Å². The Bertz CT molecular complexity index is 1270. The summed E-state index contributed by atoms with van der Waals surface area (Å²) in [6, 6.07) is 20.1. The number of halogens is 1. The van der Waals surface area contributed by atoms with Gasteiger partial charge in [0.1, 0.15) is 25.0 Å². The Labute approximate surface area is 213 Å². The third-order valence-corrected chi connectivity index (χ3v) is 7.54. The fourth-order valence-corrected chi connectivity index (χ4v) is 5.19. The van der Waals surface area contributed by atoms with E-state index in [4.69, 9.17) is 14.2 Å². The molecule has 1 amide bonds. The van der Waals surface area contributed by atoms with Crippen molar-refractivity contribution < 1.29 is 27.4 Å². The lowest BCUT2D eigenvalue weighted by Crippen LogP contribution is -2.45. The van der Waals surface area contributed by atoms with E-state index in [1.165, 1.54) is 12.1 Å². The lowest BCUT2D eigenvalue weighted by molar-refractivity contribution is -0.120. The van der Waals surface area contributed by atoms with Gasteiger partial charge in [0.05, 0.1) is 23.7 Å². The van der Waals surface area contributed by atoms with Crippen LogP contribution in [0.15, 0.2) is 82.2 Å². The molecule has 4 rings (SSSR count). The molecule has 1 heterocycles. The molecule has 0 fully saturated rings. The Kier molecular flexibility index (Phi) is 7.82. The third-order valence-electron chi connectivity index (χ3n) is 5.22. The Morgan fingerprint density at radius 2 is 1.74 bits per heavy atom. The number of fused-ring (bicyclic) bond motifs is 1. The second-order valence-corrected chi connectivity index (χ2v) is 10.5. The van der Waals surface area contributed by atoms with Gasteiger partial charge in [-0.2, -0.15) is 0 Å². The van der Waals surface area contributed by atoms with Crippen molar-refractivity contribution in [1.29, 1.82) is 0 Å². The summed E-state index contributed by atoms with van der Waals surface area (Å²) in [5.74, 6) is 1.39. The number of sulfonamides is 1. The van der Waals surface area contributed by atoms with Gasteiger partial charge in [-0.25, -0.2) is 8.42 Å². The number of nitrogens with zero attached hydrogens (tertiary/aromatic N) is 1. The van der Waals surface area contributed by atoms with Gasteiger partial charge in [0, 0.05) is 4.47 Å². The van der Waals surface area contributed by atoms with Crippen LogP contribution in [0.25, 0.3) is 0 Å². The zero-order chi connectivity index (χ0) is 24.8. The maximum Gasteiger partial charge on any atom is 0.264 e. The van der Waals surface area contributed by atoms with Gasteiger partial charge >= 0.3 is 0 Å². The molecule has 1 aliphatic rings. The van der Waals surface area contributed by atoms with Crippen molar-refractivity contribution in [1.82, 2.24) is 5.32 Å².